The van der Waals surface area contributed by atoms with Crippen molar-refractivity contribution in [3.63, 3.8) is 0 Å². The first-order valence-corrected chi connectivity index (χ1v) is 7.38. The highest BCUT2D eigenvalue weighted by Crippen LogP contribution is 2.19. The predicted molar refractivity (Wildman–Crippen MR) is 79.1 cm³/mol. The lowest BCUT2D eigenvalue weighted by atomic mass is 10.2. The number of carbonyl (C=O) groups excluding carboxylic acids is 2. The summed E-state index contributed by atoms with van der Waals surface area (Å²) in [5.74, 6) is -1.29. The number of carboxylic acid groups (broad SMARTS) is 1. The quantitative estimate of drug-likeness (QED) is 0.850. The number of amides is 2. The summed E-state index contributed by atoms with van der Waals surface area (Å²) in [6.07, 6.45) is 3.24. The minimum atomic E-state index is -1.03. The molecule has 1 aliphatic rings. The topological polar surface area (TPSA) is 77.9 Å². The van der Waals surface area contributed by atoms with Crippen molar-refractivity contribution < 1.29 is 19.5 Å². The number of nitrogens with zero attached hydrogens (tertiary/aromatic N) is 2. The van der Waals surface area contributed by atoms with Crippen LogP contribution in [0.25, 0.3) is 6.08 Å². The Bertz CT molecular complexity index is 594. The minimum Gasteiger partial charge on any atom is -0.478 e. The minimum absolute atomic E-state index is 0.0675. The van der Waals surface area contributed by atoms with E-state index in [0.29, 0.717) is 23.5 Å². The van der Waals surface area contributed by atoms with Crippen LogP contribution < -0.4 is 0 Å². The average Bonchev–Trinajstić information content (AvgIpc) is 2.85. The van der Waals surface area contributed by atoms with Gasteiger partial charge in [0.05, 0.1) is 5.56 Å². The largest absolute Gasteiger partial charge is 0.478 e. The van der Waals surface area contributed by atoms with Crippen molar-refractivity contribution >= 4 is 35.2 Å². The van der Waals surface area contributed by atoms with Crippen LogP contribution in [0.5, 0.6) is 0 Å². The number of rotatable bonds is 3. The van der Waals surface area contributed by atoms with Crippen LogP contribution in [0.3, 0.4) is 0 Å². The average molecular weight is 308 g/mol. The zero-order valence-electron chi connectivity index (χ0n) is 11.6. The lowest BCUT2D eigenvalue weighted by Crippen LogP contribution is -2.37. The molecule has 0 aliphatic carbocycles. The Morgan fingerprint density at radius 2 is 2.14 bits per heavy atom. The molecule has 112 valence electrons. The Balaban J connectivity index is 2.09. The number of aliphatic carboxylic acids is 1. The highest BCUT2D eigenvalue weighted by molar-refractivity contribution is 7.11. The van der Waals surface area contributed by atoms with Gasteiger partial charge in [0.25, 0.3) is 5.91 Å². The molecule has 6 nitrogen and oxygen atoms in total. The molecule has 0 unspecified atom stereocenters. The zero-order valence-corrected chi connectivity index (χ0v) is 12.4. The van der Waals surface area contributed by atoms with Crippen LogP contribution in [0.2, 0.25) is 0 Å². The third-order valence-corrected chi connectivity index (χ3v) is 4.12. The zero-order chi connectivity index (χ0) is 15.4. The van der Waals surface area contributed by atoms with Crippen molar-refractivity contribution in [2.75, 3.05) is 26.7 Å². The molecule has 2 rings (SSSR count). The Hall–Kier alpha value is -2.15. The third-order valence-electron chi connectivity index (χ3n) is 3.22. The van der Waals surface area contributed by atoms with E-state index >= 15 is 0 Å². The summed E-state index contributed by atoms with van der Waals surface area (Å²) in [5, 5.41) is 10.3. The maximum Gasteiger partial charge on any atom is 0.328 e. The number of likely N-dealkylation sites (N-methyl/N-ethyl adjacent to an activating group) is 1. The lowest BCUT2D eigenvalue weighted by Gasteiger charge is -2.19. The summed E-state index contributed by atoms with van der Waals surface area (Å²) >= 11 is 1.30. The van der Waals surface area contributed by atoms with Crippen molar-refractivity contribution in [2.45, 2.75) is 6.42 Å². The normalized spacial score (nSPS) is 16.3. The van der Waals surface area contributed by atoms with E-state index in [1.54, 1.807) is 28.3 Å². The Morgan fingerprint density at radius 1 is 1.38 bits per heavy atom. The fraction of sp³-hybridized carbons (Fsp3) is 0.357. The molecule has 1 aromatic heterocycles. The fourth-order valence-electron chi connectivity index (χ4n) is 2.05. The Labute approximate surface area is 126 Å². The molecule has 0 spiro atoms. The van der Waals surface area contributed by atoms with E-state index in [2.05, 4.69) is 0 Å². The molecule has 1 fully saturated rings. The number of hydrogen-bond acceptors (Lipinski definition) is 4. The van der Waals surface area contributed by atoms with Gasteiger partial charge in [-0.3, -0.25) is 9.59 Å². The maximum absolute atomic E-state index is 12.4. The molecule has 2 heterocycles. The van der Waals surface area contributed by atoms with Gasteiger partial charge in [-0.2, -0.15) is 0 Å². The van der Waals surface area contributed by atoms with Crippen molar-refractivity contribution in [3.05, 3.63) is 28.0 Å². The van der Waals surface area contributed by atoms with Crippen LogP contribution in [0.1, 0.15) is 21.7 Å². The van der Waals surface area contributed by atoms with Gasteiger partial charge in [-0.05, 0) is 18.6 Å². The lowest BCUT2D eigenvalue weighted by molar-refractivity contribution is -0.131. The molecule has 21 heavy (non-hydrogen) atoms. The summed E-state index contributed by atoms with van der Waals surface area (Å²) in [4.78, 5) is 38.5. The van der Waals surface area contributed by atoms with E-state index in [9.17, 15) is 14.4 Å². The van der Waals surface area contributed by atoms with E-state index in [0.717, 1.165) is 12.5 Å². The molecular weight excluding hydrogens is 292 g/mol. The summed E-state index contributed by atoms with van der Waals surface area (Å²) in [6, 6.07) is 1.64. The first kappa shape index (κ1) is 15.2. The second-order valence-electron chi connectivity index (χ2n) is 4.80. The fourth-order valence-corrected chi connectivity index (χ4v) is 2.82. The molecular formula is C14H16N2O4S. The standard InChI is InChI=1S/C14H16N2O4S/c1-15-5-2-6-16(8-12(15)17)14(20)10-7-11(21-9-10)3-4-13(18)19/h3-4,7,9H,2,5-6,8H2,1H3,(H,18,19)/b4-3+. The molecule has 0 bridgehead atoms. The molecule has 1 N–H and O–H groups in total. The SMILES string of the molecule is CN1CCCN(C(=O)c2csc(/C=C/C(=O)O)c2)CC1=O. The maximum atomic E-state index is 12.4. The number of carbonyl (C=O) groups is 3. The molecule has 0 atom stereocenters. The Morgan fingerprint density at radius 3 is 2.86 bits per heavy atom. The second kappa shape index (κ2) is 6.53. The van der Waals surface area contributed by atoms with E-state index in [1.165, 1.54) is 17.4 Å². The molecule has 0 aromatic carbocycles. The molecule has 2 amide bonds. The van der Waals surface area contributed by atoms with Crippen LogP contribution in [0, 0.1) is 0 Å². The van der Waals surface area contributed by atoms with Crippen LogP contribution in [-0.4, -0.2) is 59.4 Å². The summed E-state index contributed by atoms with van der Waals surface area (Å²) in [6.45, 7) is 1.29. The Kier molecular flexibility index (Phi) is 4.74. The molecule has 1 aromatic rings. The van der Waals surface area contributed by atoms with E-state index < -0.39 is 5.97 Å². The second-order valence-corrected chi connectivity index (χ2v) is 5.75. The number of hydrogen-bond donors (Lipinski definition) is 1. The van der Waals surface area contributed by atoms with Gasteiger partial charge >= 0.3 is 5.97 Å². The highest BCUT2D eigenvalue weighted by Gasteiger charge is 2.24. The van der Waals surface area contributed by atoms with Gasteiger partial charge in [0.1, 0.15) is 6.54 Å². The van der Waals surface area contributed by atoms with Crippen molar-refractivity contribution in [1.82, 2.24) is 9.80 Å². The van der Waals surface area contributed by atoms with Gasteiger partial charge in [0.2, 0.25) is 5.91 Å². The first-order valence-electron chi connectivity index (χ1n) is 6.50. The summed E-state index contributed by atoms with van der Waals surface area (Å²) < 4.78 is 0. The van der Waals surface area contributed by atoms with E-state index in [4.69, 9.17) is 5.11 Å². The number of thiophene rings is 1. The van der Waals surface area contributed by atoms with E-state index in [-0.39, 0.29) is 18.4 Å². The van der Waals surface area contributed by atoms with Crippen LogP contribution in [-0.2, 0) is 9.59 Å². The monoisotopic (exact) mass is 308 g/mol. The first-order chi connectivity index (χ1) is 9.97. The van der Waals surface area contributed by atoms with Gasteiger partial charge in [-0.15, -0.1) is 11.3 Å². The van der Waals surface area contributed by atoms with Crippen LogP contribution in [0.15, 0.2) is 17.5 Å². The van der Waals surface area contributed by atoms with Crippen molar-refractivity contribution in [2.24, 2.45) is 0 Å². The van der Waals surface area contributed by atoms with Gasteiger partial charge < -0.3 is 14.9 Å². The smallest absolute Gasteiger partial charge is 0.328 e. The van der Waals surface area contributed by atoms with E-state index in [1.807, 2.05) is 0 Å². The van der Waals surface area contributed by atoms with Crippen LogP contribution in [0.4, 0.5) is 0 Å². The number of carboxylic acids is 1. The summed E-state index contributed by atoms with van der Waals surface area (Å²) in [7, 11) is 1.73. The molecule has 0 radical (unpaired) electrons. The molecule has 7 heteroatoms. The van der Waals surface area contributed by atoms with Gasteiger partial charge in [-0.1, -0.05) is 0 Å². The van der Waals surface area contributed by atoms with Crippen molar-refractivity contribution in [1.29, 1.82) is 0 Å². The van der Waals surface area contributed by atoms with Crippen LogP contribution >= 0.6 is 11.3 Å². The molecule has 1 aliphatic heterocycles. The molecule has 0 saturated carbocycles. The van der Waals surface area contributed by atoms with Gasteiger partial charge in [-0.25, -0.2) is 4.79 Å². The third kappa shape index (κ3) is 3.91. The predicted octanol–water partition coefficient (Wildman–Crippen LogP) is 1.15. The van der Waals surface area contributed by atoms with Gasteiger partial charge in [0, 0.05) is 36.5 Å². The molecule has 1 saturated heterocycles. The summed E-state index contributed by atoms with van der Waals surface area (Å²) in [5.41, 5.74) is 0.488. The van der Waals surface area contributed by atoms with Gasteiger partial charge in [0.15, 0.2) is 0 Å². The highest BCUT2D eigenvalue weighted by atomic mass is 32.1. The van der Waals surface area contributed by atoms with Crippen molar-refractivity contribution in [3.8, 4) is 0 Å².